The number of rotatable bonds is 10. The highest BCUT2D eigenvalue weighted by molar-refractivity contribution is 4.67. The van der Waals surface area contributed by atoms with Gasteiger partial charge in [-0.15, -0.1) is 0 Å². The van der Waals surface area contributed by atoms with Crippen molar-refractivity contribution in [3.63, 3.8) is 0 Å². The summed E-state index contributed by atoms with van der Waals surface area (Å²) in [5, 5.41) is 0. The van der Waals surface area contributed by atoms with E-state index >= 15 is 0 Å². The van der Waals surface area contributed by atoms with Gasteiger partial charge in [-0.2, -0.15) is 0 Å². The Morgan fingerprint density at radius 2 is 1.06 bits per heavy atom. The Hall–Kier alpha value is -0.160. The highest BCUT2D eigenvalue weighted by Gasteiger charge is 2.16. The molecule has 0 aliphatic heterocycles. The normalized spacial score (nSPS) is 13.1. The molecule has 4 nitrogen and oxygen atoms in total. The lowest BCUT2D eigenvalue weighted by atomic mass is 10.1. The average molecular weight is 248 g/mol. The molecule has 0 aromatic heterocycles. The van der Waals surface area contributed by atoms with Crippen molar-refractivity contribution in [2.75, 3.05) is 34.2 Å². The minimum absolute atomic E-state index is 0.127. The summed E-state index contributed by atoms with van der Waals surface area (Å²) in [4.78, 5) is 0. The molecule has 0 aliphatic carbocycles. The van der Waals surface area contributed by atoms with Gasteiger partial charge in [-0.25, -0.2) is 0 Å². The molecule has 0 unspecified atom stereocenters. The van der Waals surface area contributed by atoms with Crippen LogP contribution in [0.5, 0.6) is 0 Å². The third kappa shape index (κ3) is 9.53. The van der Waals surface area contributed by atoms with Crippen molar-refractivity contribution in [1.82, 2.24) is 0 Å². The molecule has 0 amide bonds. The van der Waals surface area contributed by atoms with E-state index in [0.29, 0.717) is 20.0 Å². The maximum Gasteiger partial charge on any atom is 0.146 e. The van der Waals surface area contributed by atoms with Gasteiger partial charge in [0.1, 0.15) is 6.79 Å². The predicted molar refractivity (Wildman–Crippen MR) is 68.2 cm³/mol. The van der Waals surface area contributed by atoms with Gasteiger partial charge < -0.3 is 18.9 Å². The van der Waals surface area contributed by atoms with Crippen molar-refractivity contribution in [3.05, 3.63) is 0 Å². The minimum atomic E-state index is -0.127. The van der Waals surface area contributed by atoms with Gasteiger partial charge in [0.15, 0.2) is 0 Å². The Bertz CT molecular complexity index is 170. The molecule has 0 saturated carbocycles. The van der Waals surface area contributed by atoms with Crippen molar-refractivity contribution < 1.29 is 18.9 Å². The molecule has 0 aromatic carbocycles. The van der Waals surface area contributed by atoms with Crippen LogP contribution in [-0.4, -0.2) is 45.4 Å². The highest BCUT2D eigenvalue weighted by Crippen LogP contribution is 2.13. The molecule has 0 saturated heterocycles. The fourth-order valence-electron chi connectivity index (χ4n) is 1.02. The van der Waals surface area contributed by atoms with Crippen molar-refractivity contribution in [3.8, 4) is 0 Å². The standard InChI is InChI=1S/C13H28O4/c1-12(2,14-5)7-9-16-11-17-10-8-13(3,4)15-6/h7-11H2,1-6H3. The molecule has 104 valence electrons. The summed E-state index contributed by atoms with van der Waals surface area (Å²) in [5.74, 6) is 0. The molecule has 4 heteroatoms. The molecule has 0 aliphatic rings. The van der Waals surface area contributed by atoms with Crippen LogP contribution >= 0.6 is 0 Å². The first-order valence-electron chi connectivity index (χ1n) is 6.09. The molecule has 0 atom stereocenters. The summed E-state index contributed by atoms with van der Waals surface area (Å²) in [6.45, 7) is 9.79. The van der Waals surface area contributed by atoms with Crippen LogP contribution in [-0.2, 0) is 18.9 Å². The number of hydrogen-bond acceptors (Lipinski definition) is 4. The predicted octanol–water partition coefficient (Wildman–Crippen LogP) is 2.61. The van der Waals surface area contributed by atoms with E-state index in [2.05, 4.69) is 0 Å². The van der Waals surface area contributed by atoms with Gasteiger partial charge in [-0.3, -0.25) is 0 Å². The van der Waals surface area contributed by atoms with Gasteiger partial charge in [0, 0.05) is 14.2 Å². The maximum atomic E-state index is 5.38. The number of hydrogen-bond donors (Lipinski definition) is 0. The van der Waals surface area contributed by atoms with E-state index in [9.17, 15) is 0 Å². The summed E-state index contributed by atoms with van der Waals surface area (Å²) >= 11 is 0. The van der Waals surface area contributed by atoms with Crippen molar-refractivity contribution in [2.45, 2.75) is 51.7 Å². The summed E-state index contributed by atoms with van der Waals surface area (Å²) in [6, 6.07) is 0. The van der Waals surface area contributed by atoms with Crippen molar-refractivity contribution in [2.24, 2.45) is 0 Å². The molecule has 0 fully saturated rings. The molecule has 0 aromatic rings. The first-order chi connectivity index (χ1) is 7.83. The van der Waals surface area contributed by atoms with Crippen molar-refractivity contribution >= 4 is 0 Å². The van der Waals surface area contributed by atoms with E-state index in [-0.39, 0.29) is 11.2 Å². The van der Waals surface area contributed by atoms with Gasteiger partial charge in [0.25, 0.3) is 0 Å². The Morgan fingerprint density at radius 1 is 0.706 bits per heavy atom. The van der Waals surface area contributed by atoms with E-state index < -0.39 is 0 Å². The SMILES string of the molecule is COC(C)(C)CCOCOCCC(C)(C)OC. The van der Waals surface area contributed by atoms with Gasteiger partial charge in [0.05, 0.1) is 24.4 Å². The first-order valence-corrected chi connectivity index (χ1v) is 6.09. The lowest BCUT2D eigenvalue weighted by Crippen LogP contribution is -2.26. The molecular formula is C13H28O4. The zero-order chi connectivity index (χ0) is 13.4. The van der Waals surface area contributed by atoms with E-state index in [1.54, 1.807) is 14.2 Å². The van der Waals surface area contributed by atoms with Crippen LogP contribution in [0.1, 0.15) is 40.5 Å². The smallest absolute Gasteiger partial charge is 0.146 e. The van der Waals surface area contributed by atoms with Gasteiger partial charge in [0.2, 0.25) is 0 Å². The zero-order valence-electron chi connectivity index (χ0n) is 12.2. The summed E-state index contributed by atoms with van der Waals surface area (Å²) in [7, 11) is 3.42. The third-order valence-electron chi connectivity index (χ3n) is 2.97. The zero-order valence-corrected chi connectivity index (χ0v) is 12.2. The Morgan fingerprint density at radius 3 is 1.35 bits per heavy atom. The molecule has 0 N–H and O–H groups in total. The van der Waals surface area contributed by atoms with E-state index in [1.807, 2.05) is 27.7 Å². The van der Waals surface area contributed by atoms with Crippen LogP contribution < -0.4 is 0 Å². The van der Waals surface area contributed by atoms with Crippen LogP contribution in [0.2, 0.25) is 0 Å². The molecule has 0 bridgehead atoms. The Balaban J connectivity index is 3.36. The van der Waals surface area contributed by atoms with Gasteiger partial charge in [-0.1, -0.05) is 0 Å². The molecule has 17 heavy (non-hydrogen) atoms. The second-order valence-corrected chi connectivity index (χ2v) is 5.36. The quantitative estimate of drug-likeness (QED) is 0.440. The molecule has 0 rings (SSSR count). The first kappa shape index (κ1) is 16.8. The number of ether oxygens (including phenoxy) is 4. The van der Waals surface area contributed by atoms with Crippen LogP contribution in [0.4, 0.5) is 0 Å². The highest BCUT2D eigenvalue weighted by atomic mass is 16.7. The fraction of sp³-hybridized carbons (Fsp3) is 1.00. The Labute approximate surface area is 106 Å². The lowest BCUT2D eigenvalue weighted by Gasteiger charge is -2.23. The minimum Gasteiger partial charge on any atom is -0.379 e. The van der Waals surface area contributed by atoms with Crippen LogP contribution in [0.15, 0.2) is 0 Å². The van der Waals surface area contributed by atoms with E-state index in [0.717, 1.165) is 12.8 Å². The van der Waals surface area contributed by atoms with Gasteiger partial charge >= 0.3 is 0 Å². The second-order valence-electron chi connectivity index (χ2n) is 5.36. The van der Waals surface area contributed by atoms with E-state index in [1.165, 1.54) is 0 Å². The third-order valence-corrected chi connectivity index (χ3v) is 2.97. The molecule has 0 radical (unpaired) electrons. The van der Waals surface area contributed by atoms with Crippen LogP contribution in [0.25, 0.3) is 0 Å². The van der Waals surface area contributed by atoms with Crippen molar-refractivity contribution in [1.29, 1.82) is 0 Å². The molecule has 0 spiro atoms. The summed E-state index contributed by atoms with van der Waals surface area (Å²) in [6.07, 6.45) is 1.72. The largest absolute Gasteiger partial charge is 0.379 e. The average Bonchev–Trinajstić information content (AvgIpc) is 2.27. The fourth-order valence-corrected chi connectivity index (χ4v) is 1.02. The Kier molecular flexibility index (Phi) is 7.96. The maximum absolute atomic E-state index is 5.38. The number of methoxy groups -OCH3 is 2. The van der Waals surface area contributed by atoms with Gasteiger partial charge in [-0.05, 0) is 40.5 Å². The second kappa shape index (κ2) is 8.03. The molecular weight excluding hydrogens is 220 g/mol. The topological polar surface area (TPSA) is 36.9 Å². The van der Waals surface area contributed by atoms with Crippen LogP contribution in [0, 0.1) is 0 Å². The lowest BCUT2D eigenvalue weighted by molar-refractivity contribution is -0.0881. The van der Waals surface area contributed by atoms with E-state index in [4.69, 9.17) is 18.9 Å². The summed E-state index contributed by atoms with van der Waals surface area (Å²) < 4.78 is 21.3. The monoisotopic (exact) mass is 248 g/mol. The molecule has 0 heterocycles. The summed E-state index contributed by atoms with van der Waals surface area (Å²) in [5.41, 5.74) is -0.254. The van der Waals surface area contributed by atoms with Crippen LogP contribution in [0.3, 0.4) is 0 Å².